The first-order valence-corrected chi connectivity index (χ1v) is 9.77. The second kappa shape index (κ2) is 8.69. The third-order valence-corrected chi connectivity index (χ3v) is 5.08. The summed E-state index contributed by atoms with van der Waals surface area (Å²) in [5, 5.41) is 2.80. The molecular formula is C22H24N6O2. The maximum absolute atomic E-state index is 12.6. The van der Waals surface area contributed by atoms with Crippen LogP contribution in [0.2, 0.25) is 0 Å². The molecule has 3 N–H and O–H groups in total. The number of nitrogen functional groups attached to an aromatic ring is 1. The fraction of sp³-hybridized carbons (Fsp3) is 0.227. The molecule has 4 rings (SSSR count). The van der Waals surface area contributed by atoms with Crippen molar-refractivity contribution in [2.24, 2.45) is 0 Å². The lowest BCUT2D eigenvalue weighted by atomic mass is 10.2. The first-order valence-electron chi connectivity index (χ1n) is 9.77. The summed E-state index contributed by atoms with van der Waals surface area (Å²) in [4.78, 5) is 25.7. The van der Waals surface area contributed by atoms with Crippen LogP contribution < -0.4 is 25.6 Å². The zero-order valence-corrected chi connectivity index (χ0v) is 16.8. The molecule has 0 saturated carbocycles. The quantitative estimate of drug-likeness (QED) is 0.675. The van der Waals surface area contributed by atoms with E-state index < -0.39 is 0 Å². The highest BCUT2D eigenvalue weighted by Crippen LogP contribution is 2.21. The molecule has 1 fully saturated rings. The number of nitrogens with one attached hydrogen (secondary N) is 1. The van der Waals surface area contributed by atoms with Crippen molar-refractivity contribution in [3.05, 3.63) is 66.4 Å². The van der Waals surface area contributed by atoms with Crippen LogP contribution in [-0.2, 0) is 0 Å². The highest BCUT2D eigenvalue weighted by Gasteiger charge is 2.21. The Morgan fingerprint density at radius 2 is 1.67 bits per heavy atom. The molecule has 0 radical (unpaired) electrons. The van der Waals surface area contributed by atoms with Crippen LogP contribution in [0, 0.1) is 0 Å². The van der Waals surface area contributed by atoms with Gasteiger partial charge in [0.25, 0.3) is 5.91 Å². The minimum atomic E-state index is -0.349. The standard InChI is InChI=1S/C22H24N6O2/c1-30-18-9-7-16(8-10-18)25-21(29)19-15-24-22(26-20(19)23)28-13-11-27(12-14-28)17-5-3-2-4-6-17/h2-10,15H,11-14H2,1H3,(H,25,29)(H2,23,24,26). The zero-order valence-electron chi connectivity index (χ0n) is 16.8. The molecule has 1 saturated heterocycles. The molecule has 1 aliphatic rings. The summed E-state index contributed by atoms with van der Waals surface area (Å²) in [6, 6.07) is 17.4. The molecule has 0 unspecified atom stereocenters. The minimum Gasteiger partial charge on any atom is -0.497 e. The molecule has 0 aliphatic carbocycles. The van der Waals surface area contributed by atoms with E-state index in [0.29, 0.717) is 17.4 Å². The summed E-state index contributed by atoms with van der Waals surface area (Å²) in [7, 11) is 1.59. The van der Waals surface area contributed by atoms with Gasteiger partial charge >= 0.3 is 0 Å². The first-order chi connectivity index (χ1) is 14.6. The van der Waals surface area contributed by atoms with E-state index in [1.165, 1.54) is 11.9 Å². The van der Waals surface area contributed by atoms with Crippen LogP contribution in [0.15, 0.2) is 60.8 Å². The lowest BCUT2D eigenvalue weighted by Gasteiger charge is -2.36. The summed E-state index contributed by atoms with van der Waals surface area (Å²) in [6.07, 6.45) is 1.49. The Morgan fingerprint density at radius 3 is 2.30 bits per heavy atom. The van der Waals surface area contributed by atoms with Crippen LogP contribution in [0.5, 0.6) is 5.75 Å². The maximum atomic E-state index is 12.6. The summed E-state index contributed by atoms with van der Waals surface area (Å²) in [6.45, 7) is 3.30. The Balaban J connectivity index is 1.40. The van der Waals surface area contributed by atoms with E-state index >= 15 is 0 Å². The number of hydrogen-bond donors (Lipinski definition) is 2. The second-order valence-corrected chi connectivity index (χ2v) is 6.96. The number of amides is 1. The highest BCUT2D eigenvalue weighted by molar-refractivity contribution is 6.07. The summed E-state index contributed by atoms with van der Waals surface area (Å²) in [5.41, 5.74) is 8.18. The van der Waals surface area contributed by atoms with Gasteiger partial charge in [-0.2, -0.15) is 4.98 Å². The molecular weight excluding hydrogens is 380 g/mol. The number of aromatic nitrogens is 2. The molecule has 1 amide bonds. The van der Waals surface area contributed by atoms with Gasteiger partial charge < -0.3 is 25.6 Å². The van der Waals surface area contributed by atoms with Gasteiger partial charge in [0, 0.05) is 43.8 Å². The number of hydrogen-bond acceptors (Lipinski definition) is 7. The minimum absolute atomic E-state index is 0.163. The molecule has 0 spiro atoms. The fourth-order valence-corrected chi connectivity index (χ4v) is 3.39. The van der Waals surface area contributed by atoms with Crippen molar-refractivity contribution in [3.63, 3.8) is 0 Å². The van der Waals surface area contributed by atoms with Crippen molar-refractivity contribution in [3.8, 4) is 5.75 Å². The average molecular weight is 404 g/mol. The van der Waals surface area contributed by atoms with Crippen molar-refractivity contribution < 1.29 is 9.53 Å². The molecule has 1 aliphatic heterocycles. The number of methoxy groups -OCH3 is 1. The number of nitrogens with zero attached hydrogens (tertiary/aromatic N) is 4. The average Bonchev–Trinajstić information content (AvgIpc) is 2.80. The van der Waals surface area contributed by atoms with E-state index in [1.54, 1.807) is 31.4 Å². The maximum Gasteiger partial charge on any atom is 0.260 e. The summed E-state index contributed by atoms with van der Waals surface area (Å²) < 4.78 is 5.12. The van der Waals surface area contributed by atoms with E-state index in [1.807, 2.05) is 18.2 Å². The molecule has 8 nitrogen and oxygen atoms in total. The Morgan fingerprint density at radius 1 is 1.00 bits per heavy atom. The van der Waals surface area contributed by atoms with Gasteiger partial charge in [-0.15, -0.1) is 0 Å². The SMILES string of the molecule is COc1ccc(NC(=O)c2cnc(N3CCN(c4ccccc4)CC3)nc2N)cc1. The summed E-state index contributed by atoms with van der Waals surface area (Å²) >= 11 is 0. The number of piperazine rings is 1. The van der Waals surface area contributed by atoms with E-state index in [4.69, 9.17) is 10.5 Å². The van der Waals surface area contributed by atoms with Gasteiger partial charge in [0.2, 0.25) is 5.95 Å². The Bertz CT molecular complexity index is 1000. The molecule has 154 valence electrons. The number of rotatable bonds is 5. The van der Waals surface area contributed by atoms with Crippen molar-refractivity contribution >= 4 is 29.0 Å². The number of anilines is 4. The van der Waals surface area contributed by atoms with Gasteiger partial charge in [0.15, 0.2) is 0 Å². The molecule has 0 bridgehead atoms. The number of benzene rings is 2. The number of ether oxygens (including phenoxy) is 1. The molecule has 1 aromatic heterocycles. The van der Waals surface area contributed by atoms with Crippen LogP contribution in [0.25, 0.3) is 0 Å². The summed E-state index contributed by atoms with van der Waals surface area (Å²) in [5.74, 6) is 1.07. The van der Waals surface area contributed by atoms with Gasteiger partial charge in [-0.25, -0.2) is 4.98 Å². The number of nitrogens with two attached hydrogens (primary N) is 1. The predicted octanol–water partition coefficient (Wildman–Crippen LogP) is 2.65. The monoisotopic (exact) mass is 404 g/mol. The molecule has 0 atom stereocenters. The predicted molar refractivity (Wildman–Crippen MR) is 118 cm³/mol. The van der Waals surface area contributed by atoms with Gasteiger partial charge in [0.05, 0.1) is 7.11 Å². The van der Waals surface area contributed by atoms with Crippen LogP contribution in [0.4, 0.5) is 23.1 Å². The number of carbonyl (C=O) groups excluding carboxylic acids is 1. The normalized spacial score (nSPS) is 13.8. The van der Waals surface area contributed by atoms with Crippen molar-refractivity contribution in [2.45, 2.75) is 0 Å². The molecule has 30 heavy (non-hydrogen) atoms. The Hall–Kier alpha value is -3.81. The van der Waals surface area contributed by atoms with Crippen LogP contribution >= 0.6 is 0 Å². The van der Waals surface area contributed by atoms with Crippen LogP contribution in [0.3, 0.4) is 0 Å². The van der Waals surface area contributed by atoms with Gasteiger partial charge in [0.1, 0.15) is 17.1 Å². The first kappa shape index (κ1) is 19.5. The third kappa shape index (κ3) is 4.27. The smallest absolute Gasteiger partial charge is 0.260 e. The lowest BCUT2D eigenvalue weighted by Crippen LogP contribution is -2.47. The van der Waals surface area contributed by atoms with Crippen molar-refractivity contribution in [1.82, 2.24) is 9.97 Å². The van der Waals surface area contributed by atoms with Gasteiger partial charge in [-0.05, 0) is 36.4 Å². The van der Waals surface area contributed by atoms with Gasteiger partial charge in [-0.1, -0.05) is 18.2 Å². The van der Waals surface area contributed by atoms with E-state index in [2.05, 4.69) is 37.2 Å². The molecule has 3 aromatic rings. The highest BCUT2D eigenvalue weighted by atomic mass is 16.5. The van der Waals surface area contributed by atoms with Crippen molar-refractivity contribution in [1.29, 1.82) is 0 Å². The van der Waals surface area contributed by atoms with E-state index in [9.17, 15) is 4.79 Å². The van der Waals surface area contributed by atoms with Crippen LogP contribution in [-0.4, -0.2) is 49.2 Å². The molecule has 2 aromatic carbocycles. The fourth-order valence-electron chi connectivity index (χ4n) is 3.39. The Kier molecular flexibility index (Phi) is 5.65. The number of carbonyl (C=O) groups is 1. The molecule has 2 heterocycles. The second-order valence-electron chi connectivity index (χ2n) is 6.96. The third-order valence-electron chi connectivity index (χ3n) is 5.08. The number of para-hydroxylation sites is 1. The molecule has 8 heteroatoms. The topological polar surface area (TPSA) is 96.6 Å². The lowest BCUT2D eigenvalue weighted by molar-refractivity contribution is 0.102. The van der Waals surface area contributed by atoms with Crippen LogP contribution in [0.1, 0.15) is 10.4 Å². The van der Waals surface area contributed by atoms with E-state index in [-0.39, 0.29) is 17.3 Å². The largest absolute Gasteiger partial charge is 0.497 e. The Labute approximate surface area is 175 Å². The van der Waals surface area contributed by atoms with Gasteiger partial charge in [-0.3, -0.25) is 4.79 Å². The zero-order chi connectivity index (χ0) is 20.9. The van der Waals surface area contributed by atoms with Crippen molar-refractivity contribution in [2.75, 3.05) is 54.1 Å². The van der Waals surface area contributed by atoms with E-state index in [0.717, 1.165) is 26.2 Å².